The molecule has 1 aromatic carbocycles. The molecule has 8 heteroatoms. The summed E-state index contributed by atoms with van der Waals surface area (Å²) in [6.45, 7) is 2.96. The van der Waals surface area contributed by atoms with E-state index in [0.29, 0.717) is 34.5 Å². The molecule has 0 atom stereocenters. The zero-order valence-electron chi connectivity index (χ0n) is 12.9. The first-order valence-corrected chi connectivity index (χ1v) is 8.12. The molecule has 24 heavy (non-hydrogen) atoms. The van der Waals surface area contributed by atoms with Gasteiger partial charge in [0.05, 0.1) is 29.6 Å². The number of anilines is 1. The first-order chi connectivity index (χ1) is 11.6. The number of carbonyl (C=O) groups is 1. The van der Waals surface area contributed by atoms with Gasteiger partial charge < -0.3 is 5.32 Å². The molecule has 0 spiro atoms. The van der Waals surface area contributed by atoms with Gasteiger partial charge in [0, 0.05) is 17.8 Å². The van der Waals surface area contributed by atoms with E-state index in [1.54, 1.807) is 21.8 Å². The van der Waals surface area contributed by atoms with Gasteiger partial charge in [-0.1, -0.05) is 41.4 Å². The van der Waals surface area contributed by atoms with Gasteiger partial charge >= 0.3 is 0 Å². The van der Waals surface area contributed by atoms with Gasteiger partial charge in [-0.15, -0.1) is 0 Å². The van der Waals surface area contributed by atoms with E-state index in [2.05, 4.69) is 15.5 Å². The van der Waals surface area contributed by atoms with Gasteiger partial charge in [-0.05, 0) is 18.6 Å². The Morgan fingerprint density at radius 2 is 1.96 bits per heavy atom. The van der Waals surface area contributed by atoms with Crippen molar-refractivity contribution in [2.45, 2.75) is 20.0 Å². The van der Waals surface area contributed by atoms with E-state index in [0.717, 1.165) is 5.56 Å². The fraction of sp³-hybridized carbons (Fsp3) is 0.188. The fourth-order valence-corrected chi connectivity index (χ4v) is 2.76. The molecule has 3 aromatic rings. The summed E-state index contributed by atoms with van der Waals surface area (Å²) < 4.78 is 3.25. The van der Waals surface area contributed by atoms with Crippen molar-refractivity contribution in [3.8, 4) is 0 Å². The van der Waals surface area contributed by atoms with Crippen LogP contribution in [0.2, 0.25) is 10.0 Å². The van der Waals surface area contributed by atoms with Crippen LogP contribution in [0, 0.1) is 0 Å². The molecule has 0 fully saturated rings. The minimum atomic E-state index is -0.323. The zero-order chi connectivity index (χ0) is 17.1. The largest absolute Gasteiger partial charge is 0.318 e. The summed E-state index contributed by atoms with van der Waals surface area (Å²) in [5, 5.41) is 12.1. The van der Waals surface area contributed by atoms with Crippen molar-refractivity contribution in [1.29, 1.82) is 0 Å². The van der Waals surface area contributed by atoms with Crippen molar-refractivity contribution in [3.63, 3.8) is 0 Å². The normalized spacial score (nSPS) is 10.8. The Balaban J connectivity index is 1.73. The second-order valence-electron chi connectivity index (χ2n) is 5.13. The molecule has 3 rings (SSSR count). The van der Waals surface area contributed by atoms with Crippen LogP contribution in [-0.2, 0) is 13.1 Å². The molecular weight excluding hydrogens is 349 g/mol. The van der Waals surface area contributed by atoms with Crippen LogP contribution in [0.4, 0.5) is 5.69 Å². The van der Waals surface area contributed by atoms with E-state index < -0.39 is 0 Å². The zero-order valence-corrected chi connectivity index (χ0v) is 14.4. The Kier molecular flexibility index (Phi) is 4.87. The lowest BCUT2D eigenvalue weighted by molar-refractivity contribution is 0.101. The number of amides is 1. The van der Waals surface area contributed by atoms with Crippen molar-refractivity contribution in [3.05, 3.63) is 64.2 Å². The molecule has 0 unspecified atom stereocenters. The molecule has 0 aliphatic carbocycles. The van der Waals surface area contributed by atoms with Gasteiger partial charge in [0.2, 0.25) is 0 Å². The second kappa shape index (κ2) is 7.07. The van der Waals surface area contributed by atoms with Crippen LogP contribution in [0.15, 0.2) is 42.9 Å². The number of nitrogens with one attached hydrogen (secondary N) is 1. The summed E-state index contributed by atoms with van der Waals surface area (Å²) in [5.41, 5.74) is 1.86. The molecule has 124 valence electrons. The first-order valence-electron chi connectivity index (χ1n) is 7.37. The van der Waals surface area contributed by atoms with Gasteiger partial charge in [-0.25, -0.2) is 0 Å². The number of aryl methyl sites for hydroxylation is 1. The van der Waals surface area contributed by atoms with Crippen LogP contribution >= 0.6 is 23.2 Å². The van der Waals surface area contributed by atoms with Crippen LogP contribution in [0.1, 0.15) is 23.0 Å². The molecule has 0 aliphatic rings. The SMILES string of the molecule is CCn1ncc(Cl)c1C(=O)Nc1cnn(Cc2ccccc2Cl)c1. The number of hydrogen-bond donors (Lipinski definition) is 1. The Bertz CT molecular complexity index is 871. The lowest BCUT2D eigenvalue weighted by Crippen LogP contribution is -2.17. The highest BCUT2D eigenvalue weighted by atomic mass is 35.5. The Morgan fingerprint density at radius 3 is 2.71 bits per heavy atom. The van der Waals surface area contributed by atoms with Gasteiger partial charge in [0.15, 0.2) is 0 Å². The summed E-state index contributed by atoms with van der Waals surface area (Å²) in [6.07, 6.45) is 4.78. The van der Waals surface area contributed by atoms with Gasteiger partial charge in [0.1, 0.15) is 5.69 Å². The Labute approximate surface area is 149 Å². The molecule has 0 bridgehead atoms. The third kappa shape index (κ3) is 3.44. The van der Waals surface area contributed by atoms with Crippen LogP contribution in [0.5, 0.6) is 0 Å². The predicted molar refractivity (Wildman–Crippen MR) is 93.6 cm³/mol. The van der Waals surface area contributed by atoms with Crippen molar-refractivity contribution in [2.75, 3.05) is 5.32 Å². The van der Waals surface area contributed by atoms with Gasteiger partial charge in [0.25, 0.3) is 5.91 Å². The van der Waals surface area contributed by atoms with E-state index in [1.165, 1.54) is 6.20 Å². The van der Waals surface area contributed by atoms with Crippen LogP contribution in [-0.4, -0.2) is 25.5 Å². The lowest BCUT2D eigenvalue weighted by atomic mass is 10.2. The number of halogens is 2. The van der Waals surface area contributed by atoms with Gasteiger partial charge in [-0.3, -0.25) is 14.2 Å². The van der Waals surface area contributed by atoms with Crippen LogP contribution in [0.25, 0.3) is 0 Å². The number of nitrogens with zero attached hydrogens (tertiary/aromatic N) is 4. The number of aromatic nitrogens is 4. The standard InChI is InChI=1S/C16H15Cl2N5O/c1-2-23-15(14(18)8-20-23)16(24)21-12-7-19-22(10-12)9-11-5-3-4-6-13(11)17/h3-8,10H,2,9H2,1H3,(H,21,24). The predicted octanol–water partition coefficient (Wildman–Crippen LogP) is 3.71. The average Bonchev–Trinajstić information content (AvgIpc) is 3.15. The van der Waals surface area contributed by atoms with E-state index in [-0.39, 0.29) is 5.91 Å². The summed E-state index contributed by atoms with van der Waals surface area (Å²) in [5.74, 6) is -0.323. The van der Waals surface area contributed by atoms with Gasteiger partial charge in [-0.2, -0.15) is 10.2 Å². The molecule has 0 saturated heterocycles. The molecule has 0 aliphatic heterocycles. The highest BCUT2D eigenvalue weighted by molar-refractivity contribution is 6.34. The Morgan fingerprint density at radius 1 is 1.17 bits per heavy atom. The minimum Gasteiger partial charge on any atom is -0.318 e. The summed E-state index contributed by atoms with van der Waals surface area (Å²) in [4.78, 5) is 12.4. The molecule has 2 aromatic heterocycles. The average molecular weight is 364 g/mol. The smallest absolute Gasteiger partial charge is 0.275 e. The second-order valence-corrected chi connectivity index (χ2v) is 5.94. The van der Waals surface area contributed by atoms with E-state index in [1.807, 2.05) is 31.2 Å². The van der Waals surface area contributed by atoms with E-state index in [4.69, 9.17) is 23.2 Å². The summed E-state index contributed by atoms with van der Waals surface area (Å²) >= 11 is 12.2. The number of benzene rings is 1. The molecule has 2 heterocycles. The van der Waals surface area contributed by atoms with Crippen molar-refractivity contribution in [1.82, 2.24) is 19.6 Å². The Hall–Kier alpha value is -2.31. The topological polar surface area (TPSA) is 64.7 Å². The van der Waals surface area contributed by atoms with E-state index >= 15 is 0 Å². The molecular formula is C16H15Cl2N5O. The van der Waals surface area contributed by atoms with Crippen molar-refractivity contribution < 1.29 is 4.79 Å². The molecule has 0 radical (unpaired) electrons. The van der Waals surface area contributed by atoms with Crippen molar-refractivity contribution in [2.24, 2.45) is 0 Å². The molecule has 1 amide bonds. The highest BCUT2D eigenvalue weighted by Crippen LogP contribution is 2.19. The molecule has 0 saturated carbocycles. The third-order valence-electron chi connectivity index (χ3n) is 3.49. The quantitative estimate of drug-likeness (QED) is 0.751. The van der Waals surface area contributed by atoms with E-state index in [9.17, 15) is 4.79 Å². The molecule has 1 N–H and O–H groups in total. The van der Waals surface area contributed by atoms with Crippen LogP contribution < -0.4 is 5.32 Å². The molecule has 6 nitrogen and oxygen atoms in total. The fourth-order valence-electron chi connectivity index (χ4n) is 2.33. The van der Waals surface area contributed by atoms with Crippen molar-refractivity contribution >= 4 is 34.8 Å². The van der Waals surface area contributed by atoms with Crippen LogP contribution in [0.3, 0.4) is 0 Å². The highest BCUT2D eigenvalue weighted by Gasteiger charge is 2.17. The maximum atomic E-state index is 12.4. The third-order valence-corrected chi connectivity index (χ3v) is 4.14. The summed E-state index contributed by atoms with van der Waals surface area (Å²) in [7, 11) is 0. The minimum absolute atomic E-state index is 0.317. The number of hydrogen-bond acceptors (Lipinski definition) is 3. The number of rotatable bonds is 5. The summed E-state index contributed by atoms with van der Waals surface area (Å²) in [6, 6.07) is 7.56. The number of carbonyl (C=O) groups excluding carboxylic acids is 1. The lowest BCUT2D eigenvalue weighted by Gasteiger charge is -2.06. The maximum absolute atomic E-state index is 12.4. The monoisotopic (exact) mass is 363 g/mol. The first kappa shape index (κ1) is 16.5. The maximum Gasteiger partial charge on any atom is 0.275 e.